The van der Waals surface area contributed by atoms with Crippen LogP contribution in [0.2, 0.25) is 0 Å². The van der Waals surface area contributed by atoms with Crippen LogP contribution in [-0.2, 0) is 0 Å². The molecule has 0 unspecified atom stereocenters. The number of quaternary nitrogens is 1. The summed E-state index contributed by atoms with van der Waals surface area (Å²) in [7, 11) is 4.67. The van der Waals surface area contributed by atoms with Gasteiger partial charge in [0.15, 0.2) is 6.29 Å². The lowest BCUT2D eigenvalue weighted by molar-refractivity contribution is -0.888. The molecule has 0 fully saturated rings. The fourth-order valence-electron chi connectivity index (χ4n) is 3.43. The first-order valence-electron chi connectivity index (χ1n) is 11.0. The van der Waals surface area contributed by atoms with Crippen LogP contribution in [0.1, 0.15) is 87.1 Å². The number of unbranched alkanes of at least 4 members (excludes halogenated alkanes) is 9. The molecule has 0 N–H and O–H groups in total. The van der Waals surface area contributed by atoms with Crippen molar-refractivity contribution in [2.45, 2.75) is 83.0 Å². The van der Waals surface area contributed by atoms with E-state index in [4.69, 9.17) is 0 Å². The lowest BCUT2D eigenvalue weighted by atomic mass is 10.1. The highest BCUT2D eigenvalue weighted by Gasteiger charge is 2.14. The van der Waals surface area contributed by atoms with Gasteiger partial charge in [0.2, 0.25) is 0 Å². The Morgan fingerprint density at radius 1 is 0.889 bits per heavy atom. The summed E-state index contributed by atoms with van der Waals surface area (Å²) >= 11 is 1.82. The van der Waals surface area contributed by atoms with Gasteiger partial charge in [0.25, 0.3) is 0 Å². The molecular weight excluding hydrogens is 350 g/mol. The first kappa shape index (κ1) is 24.2. The van der Waals surface area contributed by atoms with Crippen molar-refractivity contribution in [1.29, 1.82) is 0 Å². The second-order valence-electron chi connectivity index (χ2n) is 8.57. The molecule has 154 valence electrons. The number of benzene rings is 1. The van der Waals surface area contributed by atoms with Gasteiger partial charge in [-0.25, -0.2) is 0 Å². The highest BCUT2D eigenvalue weighted by Crippen LogP contribution is 2.23. The molecule has 0 atom stereocenters. The molecule has 0 heterocycles. The van der Waals surface area contributed by atoms with Gasteiger partial charge in [-0.2, -0.15) is 0 Å². The molecule has 0 saturated carbocycles. The molecule has 0 aromatic heterocycles. The van der Waals surface area contributed by atoms with Crippen LogP contribution in [0, 0.1) is 6.92 Å². The minimum atomic E-state index is 0.833. The van der Waals surface area contributed by atoms with Crippen molar-refractivity contribution < 1.29 is 9.28 Å². The maximum atomic E-state index is 11.2. The van der Waals surface area contributed by atoms with Crippen LogP contribution in [0.3, 0.4) is 0 Å². The normalized spacial score (nSPS) is 11.7. The van der Waals surface area contributed by atoms with Gasteiger partial charge in [-0.3, -0.25) is 4.79 Å². The summed E-state index contributed by atoms with van der Waals surface area (Å²) < 4.78 is 1.08. The zero-order valence-corrected chi connectivity index (χ0v) is 19.1. The molecule has 1 aromatic carbocycles. The van der Waals surface area contributed by atoms with Crippen LogP contribution in [-0.4, -0.2) is 43.7 Å². The van der Waals surface area contributed by atoms with Gasteiger partial charge in [0.1, 0.15) is 0 Å². The predicted octanol–water partition coefficient (Wildman–Crippen LogP) is 6.90. The van der Waals surface area contributed by atoms with Crippen molar-refractivity contribution in [3.8, 4) is 0 Å². The molecule has 3 heteroatoms. The third kappa shape index (κ3) is 11.6. The second-order valence-corrected chi connectivity index (χ2v) is 9.71. The summed E-state index contributed by atoms with van der Waals surface area (Å²) in [6, 6.07) is 6.17. The van der Waals surface area contributed by atoms with Gasteiger partial charge in [0.05, 0.1) is 27.2 Å². The zero-order chi connectivity index (χ0) is 20.0. The lowest BCUT2D eigenvalue weighted by Crippen LogP contribution is -2.42. The van der Waals surface area contributed by atoms with Crippen LogP contribution >= 0.6 is 11.8 Å². The fourth-order valence-corrected chi connectivity index (χ4v) is 4.68. The molecule has 0 aliphatic heterocycles. The molecule has 0 aliphatic rings. The molecule has 0 radical (unpaired) electrons. The van der Waals surface area contributed by atoms with Crippen molar-refractivity contribution in [2.75, 3.05) is 32.9 Å². The topological polar surface area (TPSA) is 17.1 Å². The molecule has 27 heavy (non-hydrogen) atoms. The number of hydrogen-bond donors (Lipinski definition) is 0. The first-order valence-corrected chi connectivity index (χ1v) is 12.0. The average Bonchev–Trinajstić information content (AvgIpc) is 2.64. The Labute approximate surface area is 172 Å². The Kier molecular flexibility index (Phi) is 12.8. The van der Waals surface area contributed by atoms with Crippen molar-refractivity contribution in [3.05, 3.63) is 29.3 Å². The van der Waals surface area contributed by atoms with Crippen molar-refractivity contribution >= 4 is 18.0 Å². The molecule has 1 aromatic rings. The summed E-state index contributed by atoms with van der Waals surface area (Å²) in [5, 5.41) is 0. The number of nitrogens with zero attached hydrogens (tertiary/aromatic N) is 1. The van der Waals surface area contributed by atoms with Gasteiger partial charge in [-0.15, -0.1) is 11.8 Å². The van der Waals surface area contributed by atoms with Gasteiger partial charge >= 0.3 is 0 Å². The van der Waals surface area contributed by atoms with Crippen molar-refractivity contribution in [2.24, 2.45) is 0 Å². The Hall–Kier alpha value is -0.800. The number of rotatable bonds is 16. The average molecular weight is 393 g/mol. The number of aryl methyl sites for hydroxylation is 1. The third-order valence-corrected chi connectivity index (χ3v) is 6.43. The predicted molar refractivity (Wildman–Crippen MR) is 121 cm³/mol. The number of aldehydes is 1. The quantitative estimate of drug-likeness (QED) is 0.132. The van der Waals surface area contributed by atoms with E-state index in [9.17, 15) is 4.79 Å². The minimum absolute atomic E-state index is 0.833. The summed E-state index contributed by atoms with van der Waals surface area (Å²) in [4.78, 5) is 12.4. The summed E-state index contributed by atoms with van der Waals surface area (Å²) in [6.45, 7) is 6.72. The van der Waals surface area contributed by atoms with Gasteiger partial charge in [-0.05, 0) is 31.9 Å². The van der Waals surface area contributed by atoms with E-state index < -0.39 is 0 Å². The molecule has 0 spiro atoms. The number of hydrogen-bond acceptors (Lipinski definition) is 2. The maximum Gasteiger partial charge on any atom is 0.151 e. The molecular formula is C24H42NOS+. The molecule has 1 rings (SSSR count). The minimum Gasteiger partial charge on any atom is -0.328 e. The molecule has 2 nitrogen and oxygen atoms in total. The van der Waals surface area contributed by atoms with E-state index in [1.54, 1.807) is 0 Å². The monoisotopic (exact) mass is 392 g/mol. The largest absolute Gasteiger partial charge is 0.328 e. The molecule has 0 saturated heterocycles. The number of carbonyl (C=O) groups is 1. The van der Waals surface area contributed by atoms with Crippen LogP contribution < -0.4 is 0 Å². The standard InChI is InChI=1S/C24H42NOS/c1-5-6-7-8-9-10-11-12-13-14-17-25(3,4)18-19-27-24-16-15-22(2)20-23(24)21-26/h15-16,20-21H,5-14,17-19H2,1-4H3/q+1. The van der Waals surface area contributed by atoms with Gasteiger partial charge in [0, 0.05) is 16.2 Å². The van der Waals surface area contributed by atoms with Crippen LogP contribution in [0.25, 0.3) is 0 Å². The molecule has 0 bridgehead atoms. The van der Waals surface area contributed by atoms with E-state index >= 15 is 0 Å². The van der Waals surface area contributed by atoms with E-state index in [1.807, 2.05) is 24.8 Å². The van der Waals surface area contributed by atoms with E-state index in [2.05, 4.69) is 33.2 Å². The van der Waals surface area contributed by atoms with Crippen LogP contribution in [0.4, 0.5) is 0 Å². The number of carbonyl (C=O) groups excluding carboxylic acids is 1. The Morgan fingerprint density at radius 3 is 2.07 bits per heavy atom. The maximum absolute atomic E-state index is 11.2. The van der Waals surface area contributed by atoms with E-state index in [0.29, 0.717) is 0 Å². The van der Waals surface area contributed by atoms with Gasteiger partial charge < -0.3 is 4.48 Å². The Balaban J connectivity index is 2.11. The van der Waals surface area contributed by atoms with Crippen LogP contribution in [0.5, 0.6) is 0 Å². The summed E-state index contributed by atoms with van der Waals surface area (Å²) in [5.41, 5.74) is 1.98. The van der Waals surface area contributed by atoms with E-state index in [-0.39, 0.29) is 0 Å². The third-order valence-electron chi connectivity index (χ3n) is 5.36. The number of thioether (sulfide) groups is 1. The van der Waals surface area contributed by atoms with Crippen LogP contribution in [0.15, 0.2) is 23.1 Å². The molecule has 0 amide bonds. The zero-order valence-electron chi connectivity index (χ0n) is 18.3. The van der Waals surface area contributed by atoms with Crippen molar-refractivity contribution in [1.82, 2.24) is 0 Å². The van der Waals surface area contributed by atoms with E-state index in [0.717, 1.165) is 39.1 Å². The van der Waals surface area contributed by atoms with E-state index in [1.165, 1.54) is 70.8 Å². The summed E-state index contributed by atoms with van der Waals surface area (Å²) in [6.07, 6.45) is 15.0. The second kappa shape index (κ2) is 14.2. The van der Waals surface area contributed by atoms with Crippen molar-refractivity contribution in [3.63, 3.8) is 0 Å². The Morgan fingerprint density at radius 2 is 1.48 bits per heavy atom. The SMILES string of the molecule is CCCCCCCCCCCC[N+](C)(C)CCSc1ccc(C)cc1C=O. The highest BCUT2D eigenvalue weighted by molar-refractivity contribution is 7.99. The first-order chi connectivity index (χ1) is 13.0. The molecule has 0 aliphatic carbocycles. The highest BCUT2D eigenvalue weighted by atomic mass is 32.2. The Bertz CT molecular complexity index is 527. The summed E-state index contributed by atoms with van der Waals surface area (Å²) in [5.74, 6) is 1.06. The lowest BCUT2D eigenvalue weighted by Gasteiger charge is -2.29. The van der Waals surface area contributed by atoms with Gasteiger partial charge in [-0.1, -0.05) is 69.9 Å². The smallest absolute Gasteiger partial charge is 0.151 e. The fraction of sp³-hybridized carbons (Fsp3) is 0.708.